The summed E-state index contributed by atoms with van der Waals surface area (Å²) in [6, 6.07) is 18.9. The molecule has 0 saturated carbocycles. The molecule has 0 saturated heterocycles. The number of fused-ring (bicyclic) bond motifs is 1. The Morgan fingerprint density at radius 3 is 2.28 bits per heavy atom. The van der Waals surface area contributed by atoms with Crippen molar-refractivity contribution >= 4 is 52.8 Å². The maximum absolute atomic E-state index is 11.3. The number of amides is 1. The number of primary amides is 1. The Morgan fingerprint density at radius 1 is 1.03 bits per heavy atom. The zero-order chi connectivity index (χ0) is 26.3. The molecule has 0 aliphatic heterocycles. The number of nitrogens with one attached hydrogen (secondary N) is 3. The van der Waals surface area contributed by atoms with Crippen LogP contribution in [-0.2, 0) is 11.4 Å². The van der Waals surface area contributed by atoms with E-state index >= 15 is 0 Å². The number of aliphatic imine (C=N–C) groups is 1. The summed E-state index contributed by atoms with van der Waals surface area (Å²) in [7, 11) is 1.70. The standard InChI is InChI=1S/C17H20N4O2S.C9H11NO2/c1-19-15(16(18)23)17(20-2)24-10-21-14-6-5-12-7-11(9-22)3-4-13(12)8-14;11-6-5-10-9-3-1-8(7-12)2-4-9/h3-8,20-22H,1,9-10H2,2H3,(H2,18,23);1-4,7,10-11H,5-6H2/b17-15-;. The smallest absolute Gasteiger partial charge is 0.269 e. The first-order chi connectivity index (χ1) is 17.4. The summed E-state index contributed by atoms with van der Waals surface area (Å²) in [5, 5.41) is 29.6. The number of aliphatic hydroxyl groups excluding tert-OH is 2. The fourth-order valence-electron chi connectivity index (χ4n) is 3.10. The number of nitrogens with zero attached hydrogens (tertiary/aromatic N) is 1. The third-order valence-electron chi connectivity index (χ3n) is 4.90. The Kier molecular flexibility index (Phi) is 12.0. The topological polar surface area (TPSA) is 149 Å². The van der Waals surface area contributed by atoms with Gasteiger partial charge in [-0.1, -0.05) is 30.0 Å². The number of hydrogen-bond donors (Lipinski definition) is 6. The molecule has 190 valence electrons. The van der Waals surface area contributed by atoms with Crippen molar-refractivity contribution in [2.75, 3.05) is 36.7 Å². The Bertz CT molecular complexity index is 1200. The van der Waals surface area contributed by atoms with Crippen molar-refractivity contribution in [2.45, 2.75) is 6.61 Å². The molecule has 3 aromatic carbocycles. The summed E-state index contributed by atoms with van der Waals surface area (Å²) in [6.45, 7) is 4.03. The minimum absolute atomic E-state index is 0.0330. The maximum atomic E-state index is 11.3. The predicted molar refractivity (Wildman–Crippen MR) is 148 cm³/mol. The van der Waals surface area contributed by atoms with Gasteiger partial charge in [-0.3, -0.25) is 14.6 Å². The molecule has 0 fully saturated rings. The van der Waals surface area contributed by atoms with Gasteiger partial charge in [0.05, 0.1) is 19.1 Å². The van der Waals surface area contributed by atoms with Crippen LogP contribution in [0.2, 0.25) is 0 Å². The molecule has 0 heterocycles. The van der Waals surface area contributed by atoms with Gasteiger partial charge < -0.3 is 31.9 Å². The molecule has 7 N–H and O–H groups in total. The molecule has 0 bridgehead atoms. The first-order valence-corrected chi connectivity index (χ1v) is 12.0. The van der Waals surface area contributed by atoms with Gasteiger partial charge in [-0.05, 0) is 65.5 Å². The molecule has 0 atom stereocenters. The van der Waals surface area contributed by atoms with Crippen molar-refractivity contribution in [1.29, 1.82) is 0 Å². The summed E-state index contributed by atoms with van der Waals surface area (Å²) >= 11 is 1.38. The second-order valence-electron chi connectivity index (χ2n) is 7.36. The maximum Gasteiger partial charge on any atom is 0.269 e. The van der Waals surface area contributed by atoms with Gasteiger partial charge in [0.1, 0.15) is 11.3 Å². The van der Waals surface area contributed by atoms with E-state index in [1.54, 1.807) is 31.3 Å². The van der Waals surface area contributed by atoms with E-state index in [0.29, 0.717) is 23.0 Å². The Balaban J connectivity index is 0.000000319. The number of thioether (sulfide) groups is 1. The molecule has 0 unspecified atom stereocenters. The van der Waals surface area contributed by atoms with Gasteiger partial charge in [0.2, 0.25) is 0 Å². The summed E-state index contributed by atoms with van der Waals surface area (Å²) in [4.78, 5) is 25.2. The van der Waals surface area contributed by atoms with Gasteiger partial charge >= 0.3 is 0 Å². The van der Waals surface area contributed by atoms with Gasteiger partial charge in [0.15, 0.2) is 5.70 Å². The SMILES string of the molecule is C=N/C(C(N)=O)=C(/NC)SCNc1ccc2cc(CO)ccc2c1.O=Cc1ccc(NCCO)cc1. The summed E-state index contributed by atoms with van der Waals surface area (Å²) in [5.74, 6) is -0.0878. The summed E-state index contributed by atoms with van der Waals surface area (Å²) < 4.78 is 0. The molecule has 10 heteroatoms. The lowest BCUT2D eigenvalue weighted by atomic mass is 10.1. The highest BCUT2D eigenvalue weighted by Crippen LogP contribution is 2.23. The van der Waals surface area contributed by atoms with Crippen LogP contribution in [0.1, 0.15) is 15.9 Å². The monoisotopic (exact) mass is 509 g/mol. The average Bonchev–Trinajstić information content (AvgIpc) is 2.91. The molecular formula is C26H31N5O4S. The number of anilines is 2. The molecule has 0 aliphatic rings. The number of carbonyl (C=O) groups is 2. The van der Waals surface area contributed by atoms with Crippen molar-refractivity contribution in [3.63, 3.8) is 0 Å². The van der Waals surface area contributed by atoms with Crippen LogP contribution in [0.5, 0.6) is 0 Å². The predicted octanol–water partition coefficient (Wildman–Crippen LogP) is 2.91. The molecule has 0 aromatic heterocycles. The molecule has 3 aromatic rings. The number of benzene rings is 3. The van der Waals surface area contributed by atoms with Crippen LogP contribution in [0.4, 0.5) is 11.4 Å². The minimum atomic E-state index is -0.618. The zero-order valence-electron chi connectivity index (χ0n) is 20.0. The first-order valence-electron chi connectivity index (χ1n) is 11.0. The number of hydrogen-bond acceptors (Lipinski definition) is 9. The third-order valence-corrected chi connectivity index (χ3v) is 5.88. The van der Waals surface area contributed by atoms with E-state index in [1.807, 2.05) is 36.4 Å². The first kappa shape index (κ1) is 28.4. The van der Waals surface area contributed by atoms with Crippen LogP contribution in [-0.4, -0.2) is 55.2 Å². The van der Waals surface area contributed by atoms with Crippen molar-refractivity contribution in [1.82, 2.24) is 5.32 Å². The minimum Gasteiger partial charge on any atom is -0.395 e. The highest BCUT2D eigenvalue weighted by Gasteiger charge is 2.10. The molecule has 36 heavy (non-hydrogen) atoms. The summed E-state index contributed by atoms with van der Waals surface area (Å²) in [5.41, 5.74) is 8.80. The van der Waals surface area contributed by atoms with E-state index in [0.717, 1.165) is 34.0 Å². The number of aldehydes is 1. The lowest BCUT2D eigenvalue weighted by Gasteiger charge is -2.11. The Labute approximate surface area is 214 Å². The van der Waals surface area contributed by atoms with Crippen LogP contribution in [0.15, 0.2) is 76.4 Å². The molecule has 0 radical (unpaired) electrons. The van der Waals surface area contributed by atoms with E-state index in [4.69, 9.17) is 10.8 Å². The molecule has 3 rings (SSSR count). The van der Waals surface area contributed by atoms with Gasteiger partial charge in [-0.2, -0.15) is 0 Å². The Hall–Kier alpha value is -3.86. The molecule has 0 aliphatic carbocycles. The van der Waals surface area contributed by atoms with Gasteiger partial charge in [-0.25, -0.2) is 0 Å². The van der Waals surface area contributed by atoms with Gasteiger partial charge in [0.25, 0.3) is 5.91 Å². The van der Waals surface area contributed by atoms with Crippen molar-refractivity contribution in [3.05, 3.63) is 82.5 Å². The number of rotatable bonds is 12. The molecule has 1 amide bonds. The fourth-order valence-corrected chi connectivity index (χ4v) is 3.92. The number of carbonyl (C=O) groups excluding carboxylic acids is 2. The van der Waals surface area contributed by atoms with Crippen molar-refractivity contribution < 1.29 is 19.8 Å². The second-order valence-corrected chi connectivity index (χ2v) is 8.35. The largest absolute Gasteiger partial charge is 0.395 e. The van der Waals surface area contributed by atoms with E-state index in [9.17, 15) is 14.7 Å². The van der Waals surface area contributed by atoms with E-state index < -0.39 is 5.91 Å². The van der Waals surface area contributed by atoms with Crippen LogP contribution in [0.25, 0.3) is 10.8 Å². The quantitative estimate of drug-likeness (QED) is 0.0945. The lowest BCUT2D eigenvalue weighted by molar-refractivity contribution is -0.114. The molecule has 0 spiro atoms. The second kappa shape index (κ2) is 15.2. The highest BCUT2D eigenvalue weighted by molar-refractivity contribution is 8.03. The lowest BCUT2D eigenvalue weighted by Crippen LogP contribution is -2.19. The van der Waals surface area contributed by atoms with Gasteiger partial charge in [0, 0.05) is 30.5 Å². The van der Waals surface area contributed by atoms with Gasteiger partial charge in [-0.15, -0.1) is 0 Å². The van der Waals surface area contributed by atoms with Crippen LogP contribution in [0, 0.1) is 0 Å². The van der Waals surface area contributed by atoms with E-state index in [2.05, 4.69) is 27.7 Å². The fraction of sp³-hybridized carbons (Fsp3) is 0.192. The van der Waals surface area contributed by atoms with E-state index in [1.165, 1.54) is 11.8 Å². The molecule has 9 nitrogen and oxygen atoms in total. The highest BCUT2D eigenvalue weighted by atomic mass is 32.2. The van der Waals surface area contributed by atoms with Crippen LogP contribution in [0.3, 0.4) is 0 Å². The van der Waals surface area contributed by atoms with Crippen molar-refractivity contribution in [3.8, 4) is 0 Å². The van der Waals surface area contributed by atoms with Crippen LogP contribution >= 0.6 is 11.8 Å². The zero-order valence-corrected chi connectivity index (χ0v) is 20.8. The Morgan fingerprint density at radius 2 is 1.69 bits per heavy atom. The van der Waals surface area contributed by atoms with Crippen LogP contribution < -0.4 is 21.7 Å². The normalized spacial score (nSPS) is 11.0. The third kappa shape index (κ3) is 8.73. The average molecular weight is 510 g/mol. The number of aliphatic hydroxyl groups is 2. The number of nitrogens with two attached hydrogens (primary N) is 1. The molecular weight excluding hydrogens is 478 g/mol. The summed E-state index contributed by atoms with van der Waals surface area (Å²) in [6.07, 6.45) is 0.801. The van der Waals surface area contributed by atoms with E-state index in [-0.39, 0.29) is 18.9 Å². The van der Waals surface area contributed by atoms with Crippen molar-refractivity contribution in [2.24, 2.45) is 10.7 Å².